The van der Waals surface area contributed by atoms with Crippen LogP contribution in [-0.4, -0.2) is 67.8 Å². The SMILES string of the molecule is O=C(OC[C@H]1O[C@](COC(=O)c2ccccc2)(OCCc2ccccc2)[C@@H](OC(=O)c2ccccc2)[C@@H]1OC(=O)c1ccccc1)c1ccccc1. The molecule has 0 saturated carbocycles. The molecule has 6 rings (SSSR count). The predicted molar refractivity (Wildman–Crippen MR) is 188 cm³/mol. The number of carbonyl (C=O) groups is 4. The monoisotopic (exact) mass is 700 g/mol. The van der Waals surface area contributed by atoms with Crippen molar-refractivity contribution in [3.05, 3.63) is 179 Å². The summed E-state index contributed by atoms with van der Waals surface area (Å²) in [6, 6.07) is 42.6. The largest absolute Gasteiger partial charge is 0.459 e. The zero-order chi connectivity index (χ0) is 36.2. The fourth-order valence-electron chi connectivity index (χ4n) is 5.68. The molecule has 5 aromatic carbocycles. The zero-order valence-corrected chi connectivity index (χ0v) is 28.1. The first-order valence-electron chi connectivity index (χ1n) is 16.7. The summed E-state index contributed by atoms with van der Waals surface area (Å²) in [6.07, 6.45) is -3.73. The van der Waals surface area contributed by atoms with Crippen molar-refractivity contribution in [1.29, 1.82) is 0 Å². The molecule has 1 fully saturated rings. The third kappa shape index (κ3) is 8.97. The summed E-state index contributed by atoms with van der Waals surface area (Å²) in [4.78, 5) is 53.7. The molecule has 52 heavy (non-hydrogen) atoms. The number of rotatable bonds is 14. The Labute approximate surface area is 300 Å². The second-order valence-corrected chi connectivity index (χ2v) is 11.9. The Morgan fingerprint density at radius 2 is 0.942 bits per heavy atom. The molecule has 10 heteroatoms. The number of carbonyl (C=O) groups excluding carboxylic acids is 4. The molecule has 0 aliphatic carbocycles. The first-order valence-corrected chi connectivity index (χ1v) is 16.7. The van der Waals surface area contributed by atoms with Gasteiger partial charge in [-0.05, 0) is 60.5 Å². The highest BCUT2D eigenvalue weighted by molar-refractivity contribution is 5.91. The van der Waals surface area contributed by atoms with E-state index in [2.05, 4.69) is 0 Å². The highest BCUT2D eigenvalue weighted by atomic mass is 16.8. The smallest absolute Gasteiger partial charge is 0.338 e. The lowest BCUT2D eigenvalue weighted by Crippen LogP contribution is -2.53. The number of hydrogen-bond acceptors (Lipinski definition) is 10. The van der Waals surface area contributed by atoms with Gasteiger partial charge in [0.1, 0.15) is 19.3 Å². The molecular formula is C42H36O10. The second kappa shape index (κ2) is 17.2. The van der Waals surface area contributed by atoms with Gasteiger partial charge in [0.25, 0.3) is 0 Å². The van der Waals surface area contributed by atoms with Crippen molar-refractivity contribution in [2.24, 2.45) is 0 Å². The first kappa shape index (κ1) is 35.7. The van der Waals surface area contributed by atoms with Crippen LogP contribution in [0.2, 0.25) is 0 Å². The normalized spacial score (nSPS) is 19.3. The van der Waals surface area contributed by atoms with Crippen LogP contribution in [-0.2, 0) is 34.8 Å². The van der Waals surface area contributed by atoms with Gasteiger partial charge in [-0.1, -0.05) is 103 Å². The van der Waals surface area contributed by atoms with Gasteiger partial charge < -0.3 is 28.4 Å². The van der Waals surface area contributed by atoms with Gasteiger partial charge in [0.05, 0.1) is 28.9 Å². The highest BCUT2D eigenvalue weighted by Crippen LogP contribution is 2.39. The maximum atomic E-state index is 13.7. The summed E-state index contributed by atoms with van der Waals surface area (Å²) < 4.78 is 36.6. The third-order valence-electron chi connectivity index (χ3n) is 8.33. The highest BCUT2D eigenvalue weighted by Gasteiger charge is 2.62. The van der Waals surface area contributed by atoms with Crippen LogP contribution in [0.25, 0.3) is 0 Å². The fraction of sp³-hybridized carbons (Fsp3) is 0.190. The second-order valence-electron chi connectivity index (χ2n) is 11.9. The van der Waals surface area contributed by atoms with Crippen molar-refractivity contribution in [2.45, 2.75) is 30.5 Å². The molecule has 1 heterocycles. The number of benzene rings is 5. The molecule has 1 saturated heterocycles. The van der Waals surface area contributed by atoms with Crippen LogP contribution in [0, 0.1) is 0 Å². The fourth-order valence-corrected chi connectivity index (χ4v) is 5.68. The summed E-state index contributed by atoms with van der Waals surface area (Å²) in [5.41, 5.74) is 1.91. The van der Waals surface area contributed by atoms with Gasteiger partial charge in [0.15, 0.2) is 12.2 Å². The van der Waals surface area contributed by atoms with Crippen molar-refractivity contribution in [3.8, 4) is 0 Å². The number of esters is 4. The molecule has 0 spiro atoms. The molecular weight excluding hydrogens is 664 g/mol. The molecule has 0 amide bonds. The lowest BCUT2D eigenvalue weighted by Gasteiger charge is -2.34. The minimum absolute atomic E-state index is 0.0160. The minimum Gasteiger partial charge on any atom is -0.459 e. The lowest BCUT2D eigenvalue weighted by molar-refractivity contribution is -0.274. The Morgan fingerprint density at radius 3 is 1.44 bits per heavy atom. The summed E-state index contributed by atoms with van der Waals surface area (Å²) >= 11 is 0. The average Bonchev–Trinajstić information content (AvgIpc) is 3.48. The van der Waals surface area contributed by atoms with Gasteiger partial charge in [-0.25, -0.2) is 19.2 Å². The van der Waals surface area contributed by atoms with E-state index in [0.29, 0.717) is 6.42 Å². The van der Waals surface area contributed by atoms with Crippen molar-refractivity contribution >= 4 is 23.9 Å². The third-order valence-corrected chi connectivity index (χ3v) is 8.33. The quantitative estimate of drug-likeness (QED) is 0.0936. The maximum absolute atomic E-state index is 13.7. The molecule has 0 bridgehead atoms. The van der Waals surface area contributed by atoms with E-state index in [-0.39, 0.29) is 28.9 Å². The Morgan fingerprint density at radius 1 is 0.519 bits per heavy atom. The average molecular weight is 701 g/mol. The van der Waals surface area contributed by atoms with E-state index < -0.39 is 61.2 Å². The van der Waals surface area contributed by atoms with E-state index in [4.69, 9.17) is 28.4 Å². The Balaban J connectivity index is 1.38. The maximum Gasteiger partial charge on any atom is 0.338 e. The van der Waals surface area contributed by atoms with E-state index in [0.717, 1.165) is 5.56 Å². The summed E-state index contributed by atoms with van der Waals surface area (Å²) in [6.45, 7) is -0.997. The van der Waals surface area contributed by atoms with E-state index in [9.17, 15) is 19.2 Å². The molecule has 4 atom stereocenters. The van der Waals surface area contributed by atoms with E-state index >= 15 is 0 Å². The van der Waals surface area contributed by atoms with Gasteiger partial charge in [0.2, 0.25) is 5.79 Å². The molecule has 264 valence electrons. The van der Waals surface area contributed by atoms with Crippen LogP contribution in [0.4, 0.5) is 0 Å². The van der Waals surface area contributed by atoms with Crippen molar-refractivity contribution < 1.29 is 47.6 Å². The summed E-state index contributed by atoms with van der Waals surface area (Å²) in [5.74, 6) is -4.90. The molecule has 5 aromatic rings. The Hall–Kier alpha value is -6.10. The Kier molecular flexibility index (Phi) is 11.8. The van der Waals surface area contributed by atoms with E-state index in [1.165, 1.54) is 0 Å². The van der Waals surface area contributed by atoms with Crippen molar-refractivity contribution in [1.82, 2.24) is 0 Å². The van der Waals surface area contributed by atoms with Crippen molar-refractivity contribution in [3.63, 3.8) is 0 Å². The molecule has 0 unspecified atom stereocenters. The lowest BCUT2D eigenvalue weighted by atomic mass is 10.0. The first-order chi connectivity index (χ1) is 25.4. The molecule has 0 radical (unpaired) electrons. The van der Waals surface area contributed by atoms with Crippen LogP contribution >= 0.6 is 0 Å². The molecule has 10 nitrogen and oxygen atoms in total. The van der Waals surface area contributed by atoms with Gasteiger partial charge in [-0.3, -0.25) is 0 Å². The van der Waals surface area contributed by atoms with Crippen LogP contribution in [0.5, 0.6) is 0 Å². The molecule has 0 N–H and O–H groups in total. The van der Waals surface area contributed by atoms with Gasteiger partial charge >= 0.3 is 23.9 Å². The number of ether oxygens (including phenoxy) is 6. The molecule has 1 aliphatic rings. The standard InChI is InChI=1S/C42H36O10/c43-38(31-18-8-2-9-19-31)47-28-35-36(50-40(45)33-22-12-4-13-23-33)37(51-41(46)34-24-14-5-15-25-34)42(52-35,49-27-26-30-16-6-1-7-17-30)29-48-39(44)32-20-10-3-11-21-32/h1-25,35-37H,26-29H2/t35-,36-,37+,42+/m1/s1. The topological polar surface area (TPSA) is 124 Å². The van der Waals surface area contributed by atoms with Gasteiger partial charge in [-0.2, -0.15) is 0 Å². The zero-order valence-electron chi connectivity index (χ0n) is 28.1. The van der Waals surface area contributed by atoms with Crippen LogP contribution in [0.15, 0.2) is 152 Å². The van der Waals surface area contributed by atoms with E-state index in [1.807, 2.05) is 30.3 Å². The number of hydrogen-bond donors (Lipinski definition) is 0. The molecule has 1 aliphatic heterocycles. The van der Waals surface area contributed by atoms with E-state index in [1.54, 1.807) is 121 Å². The predicted octanol–water partition coefficient (Wildman–Crippen LogP) is 6.51. The van der Waals surface area contributed by atoms with Crippen LogP contribution in [0.1, 0.15) is 47.0 Å². The van der Waals surface area contributed by atoms with Crippen LogP contribution < -0.4 is 0 Å². The van der Waals surface area contributed by atoms with Crippen molar-refractivity contribution in [2.75, 3.05) is 19.8 Å². The minimum atomic E-state index is -2.02. The Bertz CT molecular complexity index is 1920. The summed E-state index contributed by atoms with van der Waals surface area (Å²) in [5, 5.41) is 0. The van der Waals surface area contributed by atoms with Gasteiger partial charge in [-0.15, -0.1) is 0 Å². The van der Waals surface area contributed by atoms with Crippen LogP contribution in [0.3, 0.4) is 0 Å². The van der Waals surface area contributed by atoms with Gasteiger partial charge in [0, 0.05) is 0 Å². The molecule has 0 aromatic heterocycles. The summed E-state index contributed by atoms with van der Waals surface area (Å²) in [7, 11) is 0.